The van der Waals surface area contributed by atoms with E-state index in [2.05, 4.69) is 0 Å². The summed E-state index contributed by atoms with van der Waals surface area (Å²) in [5.74, 6) is -3.97. The Kier molecular flexibility index (Phi) is 13.8. The fraction of sp³-hybridized carbons (Fsp3) is 0.300. The van der Waals surface area contributed by atoms with Gasteiger partial charge >= 0.3 is 24.3 Å². The van der Waals surface area contributed by atoms with E-state index >= 15 is 0 Å². The predicted octanol–water partition coefficient (Wildman–Crippen LogP) is 8.51. The summed E-state index contributed by atoms with van der Waals surface area (Å²) in [6, 6.07) is 19.3. The van der Waals surface area contributed by atoms with Crippen molar-refractivity contribution in [3.05, 3.63) is 129 Å². The van der Waals surface area contributed by atoms with Crippen LogP contribution in [0.25, 0.3) is 0 Å². The number of piperazine rings is 1. The first-order valence-corrected chi connectivity index (χ1v) is 18.2. The van der Waals surface area contributed by atoms with Crippen molar-refractivity contribution in [1.82, 2.24) is 9.80 Å². The highest BCUT2D eigenvalue weighted by Gasteiger charge is 2.37. The van der Waals surface area contributed by atoms with E-state index in [0.29, 0.717) is 10.0 Å². The minimum absolute atomic E-state index is 0.0134. The fourth-order valence-electron chi connectivity index (χ4n) is 5.78. The van der Waals surface area contributed by atoms with Gasteiger partial charge < -0.3 is 28.7 Å². The van der Waals surface area contributed by atoms with Crippen LogP contribution >= 0.6 is 23.2 Å². The molecule has 5 rings (SSSR count). The minimum atomic E-state index is -4.68. The third kappa shape index (κ3) is 11.3. The third-order valence-corrected chi connectivity index (χ3v) is 9.29. The van der Waals surface area contributed by atoms with Crippen LogP contribution in [0.2, 0.25) is 10.0 Å². The maximum atomic E-state index is 13.4. The van der Waals surface area contributed by atoms with E-state index in [1.807, 2.05) is 0 Å². The molecule has 0 aliphatic carbocycles. The number of ether oxygens (including phenoxy) is 4. The molecule has 58 heavy (non-hydrogen) atoms. The lowest BCUT2D eigenvalue weighted by atomic mass is 10.1. The highest BCUT2D eigenvalue weighted by atomic mass is 35.5. The van der Waals surface area contributed by atoms with Crippen LogP contribution in [0.1, 0.15) is 48.3 Å². The summed E-state index contributed by atoms with van der Waals surface area (Å²) in [4.78, 5) is 56.2. The molecular formula is C40H34Cl2F6N2O8. The Balaban J connectivity index is 1.19. The lowest BCUT2D eigenvalue weighted by Crippen LogP contribution is -2.55. The van der Waals surface area contributed by atoms with Crippen molar-refractivity contribution in [2.75, 3.05) is 26.2 Å². The Hall–Kier alpha value is -5.48. The number of rotatable bonds is 12. The summed E-state index contributed by atoms with van der Waals surface area (Å²) in [6.07, 6.45) is -15.3. The minimum Gasteiger partial charge on any atom is -0.474 e. The zero-order valence-corrected chi connectivity index (χ0v) is 32.1. The van der Waals surface area contributed by atoms with Crippen LogP contribution in [0, 0.1) is 0 Å². The highest BCUT2D eigenvalue weighted by molar-refractivity contribution is 6.30. The summed E-state index contributed by atoms with van der Waals surface area (Å²) in [7, 11) is 0. The van der Waals surface area contributed by atoms with Crippen molar-refractivity contribution in [3.63, 3.8) is 0 Å². The van der Waals surface area contributed by atoms with Crippen molar-refractivity contribution in [1.29, 1.82) is 0 Å². The molecule has 0 aromatic heterocycles. The van der Waals surface area contributed by atoms with Crippen LogP contribution in [-0.2, 0) is 41.0 Å². The molecule has 4 aromatic rings. The molecule has 0 radical (unpaired) electrons. The predicted molar refractivity (Wildman–Crippen MR) is 197 cm³/mol. The Labute approximate surface area is 338 Å². The molecule has 1 heterocycles. The second-order valence-corrected chi connectivity index (χ2v) is 13.8. The number of benzene rings is 4. The van der Waals surface area contributed by atoms with E-state index in [0.717, 1.165) is 36.4 Å². The van der Waals surface area contributed by atoms with E-state index in [9.17, 15) is 45.5 Å². The molecule has 0 spiro atoms. The first kappa shape index (κ1) is 43.6. The molecule has 0 bridgehead atoms. The van der Waals surface area contributed by atoms with Gasteiger partial charge in [0, 0.05) is 47.4 Å². The Morgan fingerprint density at radius 1 is 0.552 bits per heavy atom. The van der Waals surface area contributed by atoms with Crippen LogP contribution in [-0.4, -0.2) is 71.9 Å². The van der Waals surface area contributed by atoms with Gasteiger partial charge in [0.25, 0.3) is 11.8 Å². The molecule has 1 aliphatic heterocycles. The van der Waals surface area contributed by atoms with Gasteiger partial charge in [-0.25, -0.2) is 9.59 Å². The Morgan fingerprint density at radius 2 is 0.879 bits per heavy atom. The van der Waals surface area contributed by atoms with Crippen molar-refractivity contribution < 1.29 is 64.5 Å². The van der Waals surface area contributed by atoms with Crippen molar-refractivity contribution in [3.8, 4) is 11.5 Å². The van der Waals surface area contributed by atoms with Crippen molar-refractivity contribution in [2.24, 2.45) is 0 Å². The largest absolute Gasteiger partial charge is 0.474 e. The van der Waals surface area contributed by atoms with Gasteiger partial charge in [0.1, 0.15) is 11.5 Å². The first-order valence-electron chi connectivity index (χ1n) is 17.5. The molecule has 4 atom stereocenters. The summed E-state index contributed by atoms with van der Waals surface area (Å²) < 4.78 is 102. The summed E-state index contributed by atoms with van der Waals surface area (Å²) in [5.41, 5.74) is -1.63. The molecule has 10 nitrogen and oxygen atoms in total. The first-order chi connectivity index (χ1) is 27.3. The molecule has 18 heteroatoms. The molecule has 308 valence electrons. The molecule has 2 amide bonds. The second-order valence-electron chi connectivity index (χ2n) is 13.0. The SMILES string of the molecule is C[C@H](OC(=O)[C@H](Oc1cccc(C(F)(F)F)c1)c1ccc(Cl)cc1)C(=O)N1CCN(C(=O)[C@H](C)OC(=O)[C@H](Oc2cccc(C(F)(F)F)c2)c2ccc(Cl)cc2)CC1. The molecule has 4 aromatic carbocycles. The molecule has 1 fully saturated rings. The zero-order valence-electron chi connectivity index (χ0n) is 30.6. The number of carbonyl (C=O) groups excluding carboxylic acids is 4. The topological polar surface area (TPSA) is 112 Å². The molecule has 0 N–H and O–H groups in total. The van der Waals surface area contributed by atoms with E-state index in [1.54, 1.807) is 0 Å². The second kappa shape index (κ2) is 18.4. The zero-order chi connectivity index (χ0) is 42.4. The quantitative estimate of drug-likeness (QED) is 0.103. The summed E-state index contributed by atoms with van der Waals surface area (Å²) in [6.45, 7) is 2.56. The smallest absolute Gasteiger partial charge is 0.416 e. The highest BCUT2D eigenvalue weighted by Crippen LogP contribution is 2.35. The molecular weight excluding hydrogens is 821 g/mol. The molecule has 0 unspecified atom stereocenters. The third-order valence-electron chi connectivity index (χ3n) is 8.79. The van der Waals surface area contributed by atoms with Crippen molar-refractivity contribution in [2.45, 2.75) is 50.6 Å². The molecule has 0 saturated carbocycles. The van der Waals surface area contributed by atoms with E-state index in [1.165, 1.54) is 84.3 Å². The monoisotopic (exact) mass is 854 g/mol. The number of hydrogen-bond donors (Lipinski definition) is 0. The number of hydrogen-bond acceptors (Lipinski definition) is 8. The van der Waals surface area contributed by atoms with Gasteiger partial charge in [0.05, 0.1) is 11.1 Å². The lowest BCUT2D eigenvalue weighted by Gasteiger charge is -2.36. The normalized spacial score (nSPS) is 15.4. The lowest BCUT2D eigenvalue weighted by molar-refractivity contribution is -0.168. The van der Waals surface area contributed by atoms with Gasteiger partial charge in [-0.05, 0) is 74.5 Å². The van der Waals surface area contributed by atoms with Gasteiger partial charge in [-0.1, -0.05) is 59.6 Å². The number of halogens is 8. The van der Waals surface area contributed by atoms with E-state index in [4.69, 9.17) is 42.1 Å². The Morgan fingerprint density at radius 3 is 1.19 bits per heavy atom. The maximum Gasteiger partial charge on any atom is 0.416 e. The number of alkyl halides is 6. The van der Waals surface area contributed by atoms with Gasteiger partial charge in [-0.15, -0.1) is 0 Å². The van der Waals surface area contributed by atoms with E-state index in [-0.39, 0.29) is 48.8 Å². The van der Waals surface area contributed by atoms with Gasteiger partial charge in [-0.2, -0.15) is 26.3 Å². The van der Waals surface area contributed by atoms with Crippen LogP contribution < -0.4 is 9.47 Å². The standard InChI is InChI=1S/C40H34Cl2F6N2O8/c1-23(55-37(53)33(25-9-13-29(41)14-10-25)57-31-7-3-5-27(21-31)39(43,44)45)35(51)49-17-19-50(20-18-49)36(52)24(2)56-38(54)34(26-11-15-30(42)16-12-26)58-32-8-4-6-28(22-32)40(46,47)48/h3-16,21-24,33-34H,17-20H2,1-2H3/t23-,24-,33+,34+/m0/s1. The summed E-state index contributed by atoms with van der Waals surface area (Å²) >= 11 is 11.9. The van der Waals surface area contributed by atoms with Crippen molar-refractivity contribution >= 4 is 47.0 Å². The molecule has 1 aliphatic rings. The van der Waals surface area contributed by atoms with E-state index < -0.39 is 71.6 Å². The number of nitrogens with zero attached hydrogens (tertiary/aromatic N) is 2. The van der Waals surface area contributed by atoms with Gasteiger partial charge in [0.2, 0.25) is 12.2 Å². The van der Waals surface area contributed by atoms with Gasteiger partial charge in [-0.3, -0.25) is 9.59 Å². The molecule has 1 saturated heterocycles. The maximum absolute atomic E-state index is 13.4. The number of carbonyl (C=O) groups is 4. The average Bonchev–Trinajstić information content (AvgIpc) is 3.18. The number of amides is 2. The van der Waals surface area contributed by atoms with Crippen LogP contribution in [0.3, 0.4) is 0 Å². The summed E-state index contributed by atoms with van der Waals surface area (Å²) in [5, 5.41) is 0.627. The Bertz CT molecular complexity index is 1940. The van der Waals surface area contributed by atoms with Crippen LogP contribution in [0.5, 0.6) is 11.5 Å². The number of esters is 2. The van der Waals surface area contributed by atoms with Crippen LogP contribution in [0.15, 0.2) is 97.1 Å². The average molecular weight is 856 g/mol. The van der Waals surface area contributed by atoms with Gasteiger partial charge in [0.15, 0.2) is 12.2 Å². The fourth-order valence-corrected chi connectivity index (χ4v) is 6.03. The van der Waals surface area contributed by atoms with Crippen LogP contribution in [0.4, 0.5) is 26.3 Å².